The van der Waals surface area contributed by atoms with Crippen LogP contribution in [0.25, 0.3) is 0 Å². The first kappa shape index (κ1) is 8.04. The van der Waals surface area contributed by atoms with Gasteiger partial charge in [0, 0.05) is 0 Å². The van der Waals surface area contributed by atoms with E-state index in [-0.39, 0.29) is 0 Å². The second kappa shape index (κ2) is 3.97. The number of rotatable bonds is 2. The summed E-state index contributed by atoms with van der Waals surface area (Å²) in [6.07, 6.45) is 3.70. The average molecular weight is 277 g/mol. The van der Waals surface area contributed by atoms with Crippen LogP contribution in [0, 0.1) is 6.58 Å². The Hall–Kier alpha value is 0.0383. The fourth-order valence-electron chi connectivity index (χ4n) is 0.369. The molecule has 44 valence electrons. The van der Waals surface area contributed by atoms with E-state index in [1.165, 1.54) is 23.3 Å². The second-order valence-electron chi connectivity index (χ2n) is 1.67. The summed E-state index contributed by atoms with van der Waals surface area (Å²) in [5.74, 6) is 0. The van der Waals surface area contributed by atoms with Crippen LogP contribution in [0.2, 0.25) is 0 Å². The van der Waals surface area contributed by atoms with Crippen molar-refractivity contribution in [1.82, 2.24) is 0 Å². The molecule has 0 aromatic carbocycles. The third kappa shape index (κ3) is 4.20. The first-order valence-electron chi connectivity index (χ1n) is 2.40. The molecule has 0 bridgehead atoms. The first-order chi connectivity index (χ1) is 3.66. The van der Waals surface area contributed by atoms with Gasteiger partial charge in [0.1, 0.15) is 0 Å². The molecular weight excluding hydrogens is 268 g/mol. The Morgan fingerprint density at radius 2 is 2.00 bits per heavy atom. The van der Waals surface area contributed by atoms with Gasteiger partial charge in [-0.3, -0.25) is 0 Å². The molecule has 0 aromatic rings. The summed E-state index contributed by atoms with van der Waals surface area (Å²) in [4.78, 5) is 0. The summed E-state index contributed by atoms with van der Waals surface area (Å²) >= 11 is 1.50. The SMILES string of the molecule is [CH-]=C/C(C)=C\[C](C)=[W]. The van der Waals surface area contributed by atoms with Crippen LogP contribution in [-0.2, 0) is 19.4 Å². The van der Waals surface area contributed by atoms with E-state index in [0.717, 1.165) is 5.57 Å². The van der Waals surface area contributed by atoms with Crippen molar-refractivity contribution >= 4 is 3.90 Å². The van der Waals surface area contributed by atoms with Gasteiger partial charge in [0.2, 0.25) is 0 Å². The molecule has 0 aliphatic heterocycles. The Balaban J connectivity index is 3.94. The van der Waals surface area contributed by atoms with E-state index in [4.69, 9.17) is 6.58 Å². The molecule has 0 spiro atoms. The van der Waals surface area contributed by atoms with E-state index in [1.54, 1.807) is 6.08 Å². The standard InChI is InChI=1S/C7H9.W/c1-4-6-7(3)5-2;/h2,5-6H,1,3H3;/q-1;/b7-6-;. The van der Waals surface area contributed by atoms with Crippen LogP contribution in [0.4, 0.5) is 0 Å². The zero-order valence-electron chi connectivity index (χ0n) is 5.14. The quantitative estimate of drug-likeness (QED) is 0.532. The second-order valence-corrected chi connectivity index (χ2v) is 3.98. The van der Waals surface area contributed by atoms with Gasteiger partial charge in [-0.1, -0.05) is 0 Å². The molecule has 0 radical (unpaired) electrons. The van der Waals surface area contributed by atoms with Gasteiger partial charge < -0.3 is 0 Å². The van der Waals surface area contributed by atoms with E-state index in [9.17, 15) is 0 Å². The van der Waals surface area contributed by atoms with Crippen LogP contribution in [0.15, 0.2) is 17.7 Å². The van der Waals surface area contributed by atoms with E-state index in [2.05, 4.69) is 13.0 Å². The summed E-state index contributed by atoms with van der Waals surface area (Å²) in [5.41, 5.74) is 1.14. The minimum absolute atomic E-state index is 1.14. The fraction of sp³-hybridized carbons (Fsp3) is 0.286. The van der Waals surface area contributed by atoms with Crippen LogP contribution in [0.5, 0.6) is 0 Å². The minimum atomic E-state index is 1.14. The fourth-order valence-corrected chi connectivity index (χ4v) is 1.04. The molecule has 0 nitrogen and oxygen atoms in total. The molecule has 0 unspecified atom stereocenters. The molecule has 0 saturated heterocycles. The van der Waals surface area contributed by atoms with Gasteiger partial charge in [-0.25, -0.2) is 0 Å². The van der Waals surface area contributed by atoms with E-state index in [0.29, 0.717) is 0 Å². The normalized spacial score (nSPS) is 11.0. The Bertz CT molecular complexity index is 131. The molecule has 0 saturated carbocycles. The zero-order valence-corrected chi connectivity index (χ0v) is 8.07. The molecule has 0 atom stereocenters. The number of hydrogen-bond acceptors (Lipinski definition) is 0. The Morgan fingerprint density at radius 1 is 1.50 bits per heavy atom. The van der Waals surface area contributed by atoms with Gasteiger partial charge in [0.25, 0.3) is 0 Å². The van der Waals surface area contributed by atoms with Crippen LogP contribution in [-0.4, -0.2) is 3.90 Å². The molecule has 0 rings (SSSR count). The maximum absolute atomic E-state index is 5.22. The van der Waals surface area contributed by atoms with Crippen molar-refractivity contribution in [3.8, 4) is 0 Å². The van der Waals surface area contributed by atoms with Crippen LogP contribution >= 0.6 is 0 Å². The van der Waals surface area contributed by atoms with Gasteiger partial charge in [-0.15, -0.1) is 0 Å². The van der Waals surface area contributed by atoms with Crippen molar-refractivity contribution < 1.29 is 19.4 Å². The topological polar surface area (TPSA) is 0 Å². The third-order valence-corrected chi connectivity index (χ3v) is 1.12. The summed E-state index contributed by atoms with van der Waals surface area (Å²) < 4.78 is 1.37. The molecule has 0 fully saturated rings. The third-order valence-electron chi connectivity index (χ3n) is 0.694. The predicted molar refractivity (Wildman–Crippen MR) is 33.3 cm³/mol. The molecule has 8 heavy (non-hydrogen) atoms. The van der Waals surface area contributed by atoms with Crippen molar-refractivity contribution in [2.24, 2.45) is 0 Å². The monoisotopic (exact) mass is 277 g/mol. The number of hydrogen-bond donors (Lipinski definition) is 0. The van der Waals surface area contributed by atoms with Crippen molar-refractivity contribution in [2.45, 2.75) is 13.8 Å². The van der Waals surface area contributed by atoms with Gasteiger partial charge in [-0.05, 0) is 0 Å². The van der Waals surface area contributed by atoms with Crippen molar-refractivity contribution in [3.63, 3.8) is 0 Å². The van der Waals surface area contributed by atoms with E-state index < -0.39 is 0 Å². The van der Waals surface area contributed by atoms with Gasteiger partial charge >= 0.3 is 61.4 Å². The van der Waals surface area contributed by atoms with Crippen LogP contribution in [0.3, 0.4) is 0 Å². The Kier molecular flexibility index (Phi) is 3.99. The maximum atomic E-state index is 5.22. The summed E-state index contributed by atoms with van der Waals surface area (Å²) in [6.45, 7) is 9.30. The van der Waals surface area contributed by atoms with Crippen molar-refractivity contribution in [3.05, 3.63) is 24.3 Å². The van der Waals surface area contributed by atoms with Gasteiger partial charge in [-0.2, -0.15) is 0 Å². The van der Waals surface area contributed by atoms with Crippen molar-refractivity contribution in [2.75, 3.05) is 0 Å². The molecule has 1 heteroatoms. The zero-order chi connectivity index (χ0) is 6.57. The van der Waals surface area contributed by atoms with Crippen LogP contribution < -0.4 is 0 Å². The molecule has 0 N–H and O–H groups in total. The number of allylic oxidation sites excluding steroid dienone is 3. The Morgan fingerprint density at radius 3 is 2.12 bits per heavy atom. The Labute approximate surface area is 61.7 Å². The van der Waals surface area contributed by atoms with E-state index in [1.807, 2.05) is 6.92 Å². The molecule has 0 aliphatic rings. The summed E-state index contributed by atoms with van der Waals surface area (Å²) in [6, 6.07) is 0. The molecule has 0 heterocycles. The molecule has 0 aromatic heterocycles. The van der Waals surface area contributed by atoms with Crippen LogP contribution in [0.1, 0.15) is 13.8 Å². The van der Waals surface area contributed by atoms with Gasteiger partial charge in [0.15, 0.2) is 0 Å². The van der Waals surface area contributed by atoms with E-state index >= 15 is 0 Å². The average Bonchev–Trinajstić information content (AvgIpc) is 1.65. The summed E-state index contributed by atoms with van der Waals surface area (Å²) in [7, 11) is 0. The summed E-state index contributed by atoms with van der Waals surface area (Å²) in [5, 5.41) is 0. The predicted octanol–water partition coefficient (Wildman–Crippen LogP) is 1.66. The van der Waals surface area contributed by atoms with Gasteiger partial charge in [0.05, 0.1) is 0 Å². The van der Waals surface area contributed by atoms with Crippen molar-refractivity contribution in [1.29, 1.82) is 0 Å². The molecular formula is C7H9W-. The first-order valence-corrected chi connectivity index (χ1v) is 3.87. The molecule has 0 aliphatic carbocycles. The molecule has 0 amide bonds.